The van der Waals surface area contributed by atoms with E-state index in [0.29, 0.717) is 0 Å². The lowest BCUT2D eigenvalue weighted by Crippen LogP contribution is -2.59. The zero-order valence-corrected chi connectivity index (χ0v) is 28.2. The molecule has 12 rings (SSSR count). The average Bonchev–Trinajstić information content (AvgIpc) is 3.62. The summed E-state index contributed by atoms with van der Waals surface area (Å²) in [4.78, 5) is 0. The summed E-state index contributed by atoms with van der Waals surface area (Å²) < 4.78 is 5.21. The van der Waals surface area contributed by atoms with Crippen molar-refractivity contribution in [2.24, 2.45) is 0 Å². The van der Waals surface area contributed by atoms with Gasteiger partial charge in [-0.3, -0.25) is 0 Å². The highest BCUT2D eigenvalue weighted by Crippen LogP contribution is 2.43. The fourth-order valence-electron chi connectivity index (χ4n) is 10.1. The summed E-state index contributed by atoms with van der Waals surface area (Å²) in [6, 6.07) is 51.0. The first-order valence-electron chi connectivity index (χ1n) is 17.7. The number of hydrogen-bond donors (Lipinski definition) is 0. The van der Waals surface area contributed by atoms with Crippen molar-refractivity contribution in [2.45, 2.75) is 20.8 Å². The summed E-state index contributed by atoms with van der Waals surface area (Å²) in [7, 11) is 0. The van der Waals surface area contributed by atoms with Crippen LogP contribution >= 0.6 is 0 Å². The van der Waals surface area contributed by atoms with Crippen LogP contribution in [0.5, 0.6) is 0 Å². The van der Waals surface area contributed by atoms with Gasteiger partial charge in [-0.2, -0.15) is 0 Å². The predicted octanol–water partition coefficient (Wildman–Crippen LogP) is 9.92. The van der Waals surface area contributed by atoms with Crippen molar-refractivity contribution >= 4 is 88.3 Å². The van der Waals surface area contributed by atoms with E-state index in [1.165, 1.54) is 121 Å². The van der Waals surface area contributed by atoms with Crippen LogP contribution in [0, 0.1) is 20.8 Å². The van der Waals surface area contributed by atoms with Crippen molar-refractivity contribution in [2.75, 3.05) is 0 Å². The molecule has 232 valence electrons. The van der Waals surface area contributed by atoms with Crippen molar-refractivity contribution in [3.05, 3.63) is 150 Å². The van der Waals surface area contributed by atoms with Crippen molar-refractivity contribution < 1.29 is 0 Å². The number of rotatable bonds is 1. The predicted molar refractivity (Wildman–Crippen MR) is 214 cm³/mol. The summed E-state index contributed by atoms with van der Waals surface area (Å²) in [6.07, 6.45) is 0. The molecular formula is C47H31BN2. The molecule has 2 aromatic heterocycles. The molecule has 0 saturated carbocycles. The van der Waals surface area contributed by atoms with Crippen LogP contribution in [-0.2, 0) is 0 Å². The van der Waals surface area contributed by atoms with Crippen LogP contribution in [0.25, 0.3) is 87.7 Å². The van der Waals surface area contributed by atoms with E-state index in [0.717, 1.165) is 0 Å². The monoisotopic (exact) mass is 634 g/mol. The maximum Gasteiger partial charge on any atom is 0.252 e. The Labute approximate surface area is 289 Å². The second kappa shape index (κ2) is 9.14. The van der Waals surface area contributed by atoms with Crippen LogP contribution in [0.4, 0.5) is 0 Å². The van der Waals surface area contributed by atoms with Gasteiger partial charge in [0.1, 0.15) is 0 Å². The van der Waals surface area contributed by atoms with Gasteiger partial charge in [0.2, 0.25) is 0 Å². The van der Waals surface area contributed by atoms with Gasteiger partial charge >= 0.3 is 0 Å². The second-order valence-corrected chi connectivity index (χ2v) is 14.7. The number of para-hydroxylation sites is 2. The summed E-state index contributed by atoms with van der Waals surface area (Å²) in [5, 5.41) is 10.4. The van der Waals surface area contributed by atoms with Crippen LogP contribution in [0.1, 0.15) is 16.7 Å². The summed E-state index contributed by atoms with van der Waals surface area (Å²) in [6.45, 7) is 6.88. The highest BCUT2D eigenvalue weighted by Gasteiger charge is 2.41. The zero-order chi connectivity index (χ0) is 33.0. The molecule has 2 aliphatic rings. The van der Waals surface area contributed by atoms with Crippen LogP contribution in [0.2, 0.25) is 0 Å². The average molecular weight is 635 g/mol. The van der Waals surface area contributed by atoms with Gasteiger partial charge in [0.25, 0.3) is 6.71 Å². The van der Waals surface area contributed by atoms with Crippen LogP contribution in [0.3, 0.4) is 0 Å². The summed E-state index contributed by atoms with van der Waals surface area (Å²) in [5.41, 5.74) is 18.5. The third-order valence-corrected chi connectivity index (χ3v) is 11.9. The molecule has 8 aromatic carbocycles. The minimum absolute atomic E-state index is 0.124. The molecule has 50 heavy (non-hydrogen) atoms. The minimum Gasteiger partial charge on any atom is -0.310 e. The number of fused-ring (bicyclic) bond motifs is 12. The molecule has 0 aliphatic carbocycles. The number of benzene rings is 8. The first-order valence-corrected chi connectivity index (χ1v) is 17.7. The van der Waals surface area contributed by atoms with Gasteiger partial charge in [-0.1, -0.05) is 103 Å². The SMILES string of the molecule is Cc1cc(C)c(-c2cc3c4c(c2)-n2c5cc6ccccc6cc5c5cccc(c52)B4c2cccc4c5cc6ccccc6cc5n-3c24)c(C)c1. The topological polar surface area (TPSA) is 9.86 Å². The van der Waals surface area contributed by atoms with Crippen LogP contribution < -0.4 is 16.4 Å². The molecule has 0 spiro atoms. The van der Waals surface area contributed by atoms with Gasteiger partial charge in [0.15, 0.2) is 0 Å². The zero-order valence-electron chi connectivity index (χ0n) is 28.2. The Morgan fingerprint density at radius 1 is 0.440 bits per heavy atom. The molecule has 0 saturated heterocycles. The molecule has 0 N–H and O–H groups in total. The Morgan fingerprint density at radius 2 is 0.900 bits per heavy atom. The quantitative estimate of drug-likeness (QED) is 0.159. The van der Waals surface area contributed by atoms with E-state index in [2.05, 4.69) is 163 Å². The number of aryl methyl sites for hydroxylation is 3. The Kier molecular flexibility index (Phi) is 4.90. The molecule has 0 radical (unpaired) electrons. The van der Waals surface area contributed by atoms with Crippen molar-refractivity contribution in [3.63, 3.8) is 0 Å². The highest BCUT2D eigenvalue weighted by atomic mass is 15.0. The van der Waals surface area contributed by atoms with Crippen LogP contribution in [-0.4, -0.2) is 15.8 Å². The summed E-state index contributed by atoms with van der Waals surface area (Å²) in [5.74, 6) is 0. The number of nitrogens with zero attached hydrogens (tertiary/aromatic N) is 2. The van der Waals surface area contributed by atoms with Crippen LogP contribution in [0.15, 0.2) is 133 Å². The first-order chi connectivity index (χ1) is 24.5. The molecular weight excluding hydrogens is 603 g/mol. The molecule has 2 nitrogen and oxygen atoms in total. The number of aromatic nitrogens is 2. The summed E-state index contributed by atoms with van der Waals surface area (Å²) >= 11 is 0. The molecule has 3 heteroatoms. The van der Waals surface area contributed by atoms with E-state index in [-0.39, 0.29) is 6.71 Å². The van der Waals surface area contributed by atoms with Gasteiger partial charge in [-0.15, -0.1) is 0 Å². The van der Waals surface area contributed by atoms with Gasteiger partial charge in [0.05, 0.1) is 11.0 Å². The lowest BCUT2D eigenvalue weighted by atomic mass is 9.34. The molecule has 0 bridgehead atoms. The fraction of sp³-hybridized carbons (Fsp3) is 0.0638. The first kappa shape index (κ1) is 26.8. The van der Waals surface area contributed by atoms with Gasteiger partial charge in [-0.05, 0) is 117 Å². The second-order valence-electron chi connectivity index (χ2n) is 14.7. The maximum absolute atomic E-state index is 2.61. The van der Waals surface area contributed by atoms with E-state index in [4.69, 9.17) is 0 Å². The molecule has 0 unspecified atom stereocenters. The third kappa shape index (κ3) is 3.21. The lowest BCUT2D eigenvalue weighted by Gasteiger charge is -2.34. The van der Waals surface area contributed by atoms with Crippen molar-refractivity contribution in [3.8, 4) is 22.5 Å². The Balaban J connectivity index is 1.32. The standard InChI is InChI=1S/C47H31BN2/c1-26-18-27(2)44(28(3)19-26)33-24-42-45-43(25-33)50-41-23-32-13-7-5-11-30(32)21-37(41)35-15-9-17-39(47(35)50)48(45)38-16-8-14-34-36-20-29-10-4-6-12-31(29)22-40(36)49(42)46(34)38/h4-25H,1-3H3. The molecule has 2 aliphatic heterocycles. The van der Waals surface area contributed by atoms with Gasteiger partial charge in [0, 0.05) is 44.0 Å². The molecule has 0 fully saturated rings. The van der Waals surface area contributed by atoms with E-state index < -0.39 is 0 Å². The lowest BCUT2D eigenvalue weighted by molar-refractivity contribution is 1.14. The Hall–Kier alpha value is -6.06. The highest BCUT2D eigenvalue weighted by molar-refractivity contribution is 7.00. The molecule has 10 aromatic rings. The Morgan fingerprint density at radius 3 is 1.38 bits per heavy atom. The van der Waals surface area contributed by atoms with E-state index in [1.54, 1.807) is 0 Å². The maximum atomic E-state index is 2.61. The smallest absolute Gasteiger partial charge is 0.252 e. The Bertz CT molecular complexity index is 2990. The molecule has 0 atom stereocenters. The fourth-order valence-corrected chi connectivity index (χ4v) is 10.1. The van der Waals surface area contributed by atoms with E-state index in [1.807, 2.05) is 0 Å². The van der Waals surface area contributed by atoms with Gasteiger partial charge in [-0.25, -0.2) is 0 Å². The third-order valence-electron chi connectivity index (χ3n) is 11.9. The molecule has 4 heterocycles. The van der Waals surface area contributed by atoms with E-state index in [9.17, 15) is 0 Å². The molecule has 0 amide bonds. The van der Waals surface area contributed by atoms with E-state index >= 15 is 0 Å². The minimum atomic E-state index is 0.124. The van der Waals surface area contributed by atoms with Gasteiger partial charge < -0.3 is 9.13 Å². The number of hydrogen-bond acceptors (Lipinski definition) is 0. The van der Waals surface area contributed by atoms with Crippen molar-refractivity contribution in [1.82, 2.24) is 9.13 Å². The normalized spacial score (nSPS) is 13.1. The largest absolute Gasteiger partial charge is 0.310 e. The van der Waals surface area contributed by atoms with Crippen molar-refractivity contribution in [1.29, 1.82) is 0 Å².